The molecule has 0 bridgehead atoms. The molecule has 1 aliphatic carbocycles. The molecule has 0 spiro atoms. The van der Waals surface area contributed by atoms with Gasteiger partial charge in [0.15, 0.2) is 0 Å². The highest BCUT2D eigenvalue weighted by atomic mass is 16.5. The van der Waals surface area contributed by atoms with E-state index in [0.29, 0.717) is 6.61 Å². The number of hydrogen-bond acceptors (Lipinski definition) is 4. The van der Waals surface area contributed by atoms with Crippen molar-refractivity contribution < 1.29 is 14.3 Å². The molecule has 5 nitrogen and oxygen atoms in total. The van der Waals surface area contributed by atoms with Crippen LogP contribution in [0, 0.1) is 5.92 Å². The highest BCUT2D eigenvalue weighted by Gasteiger charge is 2.30. The first-order chi connectivity index (χ1) is 8.29. The summed E-state index contributed by atoms with van der Waals surface area (Å²) in [5.41, 5.74) is 2.12. The van der Waals surface area contributed by atoms with Crippen molar-refractivity contribution in [3.05, 3.63) is 0 Å². The molecule has 0 radical (unpaired) electrons. The number of hydrogen-bond donors (Lipinski definition) is 2. The van der Waals surface area contributed by atoms with Gasteiger partial charge in [0.1, 0.15) is 6.10 Å². The zero-order chi connectivity index (χ0) is 12.1. The number of amides is 1. The molecule has 0 aromatic heterocycles. The lowest BCUT2D eigenvalue weighted by molar-refractivity contribution is -0.133. The Bertz CT molecular complexity index is 254. The summed E-state index contributed by atoms with van der Waals surface area (Å²) in [6, 6.07) is 0. The Kier molecular flexibility index (Phi) is 4.76. The normalized spacial score (nSPS) is 29.7. The molecule has 1 amide bonds. The first-order valence-electron chi connectivity index (χ1n) is 6.53. The lowest BCUT2D eigenvalue weighted by atomic mass is 10.1. The topological polar surface area (TPSA) is 73.6 Å². The molecule has 3 N–H and O–H groups in total. The van der Waals surface area contributed by atoms with Gasteiger partial charge >= 0.3 is 0 Å². The number of nitrogens with two attached hydrogens (primary N) is 1. The van der Waals surface area contributed by atoms with Crippen molar-refractivity contribution in [2.75, 3.05) is 13.2 Å². The third-order valence-electron chi connectivity index (χ3n) is 3.67. The molecular formula is C12H22N2O3. The Balaban J connectivity index is 1.59. The Morgan fingerprint density at radius 3 is 2.71 bits per heavy atom. The van der Waals surface area contributed by atoms with Crippen molar-refractivity contribution in [3.63, 3.8) is 0 Å². The Morgan fingerprint density at radius 1 is 1.24 bits per heavy atom. The summed E-state index contributed by atoms with van der Waals surface area (Å²) in [7, 11) is 0. The standard InChI is InChI=1S/C12H22N2O3/c13-14-12(15)11-6-5-10(17-11)8-16-7-9-3-1-2-4-9/h9-11H,1-8,13H2,(H,14,15). The Labute approximate surface area is 102 Å². The van der Waals surface area contributed by atoms with Crippen molar-refractivity contribution >= 4 is 5.91 Å². The summed E-state index contributed by atoms with van der Waals surface area (Å²) in [6.07, 6.45) is 6.55. The number of hydrazine groups is 1. The molecule has 0 aromatic carbocycles. The van der Waals surface area contributed by atoms with Gasteiger partial charge in [0, 0.05) is 6.61 Å². The third kappa shape index (κ3) is 3.66. The van der Waals surface area contributed by atoms with Gasteiger partial charge < -0.3 is 9.47 Å². The predicted octanol–water partition coefficient (Wildman–Crippen LogP) is 0.731. The average molecular weight is 242 g/mol. The van der Waals surface area contributed by atoms with E-state index >= 15 is 0 Å². The number of rotatable bonds is 5. The van der Waals surface area contributed by atoms with Crippen LogP contribution in [0.5, 0.6) is 0 Å². The van der Waals surface area contributed by atoms with E-state index in [9.17, 15) is 4.79 Å². The van der Waals surface area contributed by atoms with Crippen LogP contribution in [-0.2, 0) is 14.3 Å². The van der Waals surface area contributed by atoms with Gasteiger partial charge in [-0.2, -0.15) is 0 Å². The molecule has 0 aromatic rings. The number of carbonyl (C=O) groups is 1. The van der Waals surface area contributed by atoms with Gasteiger partial charge in [0.2, 0.25) is 0 Å². The van der Waals surface area contributed by atoms with E-state index in [-0.39, 0.29) is 18.1 Å². The largest absolute Gasteiger partial charge is 0.378 e. The zero-order valence-electron chi connectivity index (χ0n) is 10.2. The Hall–Kier alpha value is -0.650. The molecule has 2 unspecified atom stereocenters. The van der Waals surface area contributed by atoms with Gasteiger partial charge in [-0.25, -0.2) is 5.84 Å². The summed E-state index contributed by atoms with van der Waals surface area (Å²) in [5, 5.41) is 0. The fourth-order valence-corrected chi connectivity index (χ4v) is 2.66. The van der Waals surface area contributed by atoms with Crippen molar-refractivity contribution in [1.29, 1.82) is 0 Å². The minimum absolute atomic E-state index is 0.0544. The van der Waals surface area contributed by atoms with Crippen LogP contribution in [0.1, 0.15) is 38.5 Å². The van der Waals surface area contributed by atoms with Crippen molar-refractivity contribution in [2.45, 2.75) is 50.7 Å². The highest BCUT2D eigenvalue weighted by Crippen LogP contribution is 2.25. The molecule has 98 valence electrons. The quantitative estimate of drug-likeness (QED) is 0.423. The molecule has 17 heavy (non-hydrogen) atoms. The zero-order valence-corrected chi connectivity index (χ0v) is 10.2. The van der Waals surface area contributed by atoms with Crippen LogP contribution in [0.15, 0.2) is 0 Å². The SMILES string of the molecule is NNC(=O)C1CCC(COCC2CCCC2)O1. The van der Waals surface area contributed by atoms with Crippen LogP contribution < -0.4 is 11.3 Å². The molecule has 5 heteroatoms. The van der Waals surface area contributed by atoms with Crippen LogP contribution in [0.4, 0.5) is 0 Å². The number of ether oxygens (including phenoxy) is 2. The molecule has 2 fully saturated rings. The fourth-order valence-electron chi connectivity index (χ4n) is 2.66. The molecular weight excluding hydrogens is 220 g/mol. The summed E-state index contributed by atoms with van der Waals surface area (Å²) >= 11 is 0. The van der Waals surface area contributed by atoms with Gasteiger partial charge in [-0.1, -0.05) is 12.8 Å². The first kappa shape index (κ1) is 12.8. The van der Waals surface area contributed by atoms with E-state index in [1.807, 2.05) is 0 Å². The second-order valence-electron chi connectivity index (χ2n) is 5.02. The van der Waals surface area contributed by atoms with Crippen LogP contribution in [0.25, 0.3) is 0 Å². The molecule has 2 rings (SSSR count). The summed E-state index contributed by atoms with van der Waals surface area (Å²) < 4.78 is 11.2. The molecule has 1 saturated heterocycles. The minimum Gasteiger partial charge on any atom is -0.378 e. The predicted molar refractivity (Wildman–Crippen MR) is 63.0 cm³/mol. The summed E-state index contributed by atoms with van der Waals surface area (Å²) in [6.45, 7) is 1.44. The molecule has 1 saturated carbocycles. The van der Waals surface area contributed by atoms with E-state index in [4.69, 9.17) is 15.3 Å². The third-order valence-corrected chi connectivity index (χ3v) is 3.67. The van der Waals surface area contributed by atoms with Crippen molar-refractivity contribution in [1.82, 2.24) is 5.43 Å². The van der Waals surface area contributed by atoms with Crippen LogP contribution in [0.2, 0.25) is 0 Å². The second-order valence-corrected chi connectivity index (χ2v) is 5.02. The van der Waals surface area contributed by atoms with Gasteiger partial charge in [-0.15, -0.1) is 0 Å². The molecule has 1 aliphatic heterocycles. The van der Waals surface area contributed by atoms with E-state index < -0.39 is 0 Å². The smallest absolute Gasteiger partial charge is 0.263 e. The van der Waals surface area contributed by atoms with Crippen LogP contribution >= 0.6 is 0 Å². The summed E-state index contributed by atoms with van der Waals surface area (Å²) in [5.74, 6) is 5.57. The van der Waals surface area contributed by atoms with Crippen molar-refractivity contribution in [2.24, 2.45) is 11.8 Å². The summed E-state index contributed by atoms with van der Waals surface area (Å²) in [4.78, 5) is 11.2. The van der Waals surface area contributed by atoms with Gasteiger partial charge in [-0.05, 0) is 31.6 Å². The van der Waals surface area contributed by atoms with E-state index in [2.05, 4.69) is 5.43 Å². The van der Waals surface area contributed by atoms with Crippen molar-refractivity contribution in [3.8, 4) is 0 Å². The average Bonchev–Trinajstić information content (AvgIpc) is 2.99. The second kappa shape index (κ2) is 6.33. The molecule has 2 aliphatic rings. The maximum Gasteiger partial charge on any atom is 0.263 e. The monoisotopic (exact) mass is 242 g/mol. The first-order valence-corrected chi connectivity index (χ1v) is 6.53. The number of nitrogens with one attached hydrogen (secondary N) is 1. The maximum absolute atomic E-state index is 11.2. The van der Waals surface area contributed by atoms with E-state index in [0.717, 1.165) is 25.4 Å². The minimum atomic E-state index is -0.389. The van der Waals surface area contributed by atoms with Gasteiger partial charge in [0.05, 0.1) is 12.7 Å². The lowest BCUT2D eigenvalue weighted by Crippen LogP contribution is -2.39. The lowest BCUT2D eigenvalue weighted by Gasteiger charge is -2.15. The van der Waals surface area contributed by atoms with E-state index in [1.165, 1.54) is 25.7 Å². The fraction of sp³-hybridized carbons (Fsp3) is 0.917. The number of carbonyl (C=O) groups excluding carboxylic acids is 1. The molecule has 2 atom stereocenters. The van der Waals surface area contributed by atoms with E-state index in [1.54, 1.807) is 0 Å². The maximum atomic E-state index is 11.2. The molecule has 1 heterocycles. The highest BCUT2D eigenvalue weighted by molar-refractivity contribution is 5.80. The Morgan fingerprint density at radius 2 is 2.00 bits per heavy atom. The van der Waals surface area contributed by atoms with Crippen LogP contribution in [0.3, 0.4) is 0 Å². The van der Waals surface area contributed by atoms with Crippen LogP contribution in [-0.4, -0.2) is 31.3 Å². The van der Waals surface area contributed by atoms with Gasteiger partial charge in [0.25, 0.3) is 5.91 Å². The van der Waals surface area contributed by atoms with Gasteiger partial charge in [-0.3, -0.25) is 10.2 Å².